The third kappa shape index (κ3) is 3.50. The number of rotatable bonds is 5. The van der Waals surface area contributed by atoms with E-state index in [1.807, 2.05) is 6.08 Å². The van der Waals surface area contributed by atoms with Gasteiger partial charge in [-0.05, 0) is 49.9 Å². The zero-order valence-electron chi connectivity index (χ0n) is 14.0. The van der Waals surface area contributed by atoms with Crippen LogP contribution < -0.4 is 0 Å². The van der Waals surface area contributed by atoms with Crippen molar-refractivity contribution in [2.75, 3.05) is 6.61 Å². The van der Waals surface area contributed by atoms with Crippen molar-refractivity contribution in [1.29, 1.82) is 0 Å². The van der Waals surface area contributed by atoms with E-state index in [0.717, 1.165) is 25.7 Å². The van der Waals surface area contributed by atoms with Crippen LogP contribution in [0, 0.1) is 23.2 Å². The molecule has 0 unspecified atom stereocenters. The van der Waals surface area contributed by atoms with Crippen molar-refractivity contribution in [2.45, 2.75) is 52.9 Å². The maximum Gasteiger partial charge on any atom is 0.330 e. The number of ketones is 1. The van der Waals surface area contributed by atoms with E-state index in [2.05, 4.69) is 19.9 Å². The lowest BCUT2D eigenvalue weighted by Gasteiger charge is -2.41. The van der Waals surface area contributed by atoms with Gasteiger partial charge in [-0.3, -0.25) is 4.79 Å². The lowest BCUT2D eigenvalue weighted by Crippen LogP contribution is -2.39. The molecule has 0 amide bonds. The smallest absolute Gasteiger partial charge is 0.330 e. The zero-order chi connectivity index (χ0) is 16.2. The van der Waals surface area contributed by atoms with Gasteiger partial charge >= 0.3 is 5.97 Å². The summed E-state index contributed by atoms with van der Waals surface area (Å²) < 4.78 is 4.85. The third-order valence-corrected chi connectivity index (χ3v) is 5.62. The minimum absolute atomic E-state index is 0.171. The van der Waals surface area contributed by atoms with E-state index in [1.54, 1.807) is 13.0 Å². The quantitative estimate of drug-likeness (QED) is 0.436. The third-order valence-electron chi connectivity index (χ3n) is 5.62. The van der Waals surface area contributed by atoms with Crippen molar-refractivity contribution in [3.63, 3.8) is 0 Å². The average Bonchev–Trinajstić information content (AvgIpc) is 2.82. The first kappa shape index (κ1) is 17.0. The molecule has 0 aromatic rings. The van der Waals surface area contributed by atoms with Crippen molar-refractivity contribution < 1.29 is 14.3 Å². The number of esters is 1. The summed E-state index contributed by atoms with van der Waals surface area (Å²) in [5, 5.41) is 0. The topological polar surface area (TPSA) is 43.4 Å². The second-order valence-corrected chi connectivity index (χ2v) is 6.92. The molecule has 2 fully saturated rings. The van der Waals surface area contributed by atoms with Crippen LogP contribution in [0.5, 0.6) is 0 Å². The molecule has 3 nitrogen and oxygen atoms in total. The van der Waals surface area contributed by atoms with Crippen LogP contribution in [0.25, 0.3) is 0 Å². The summed E-state index contributed by atoms with van der Waals surface area (Å²) in [6, 6.07) is 0. The van der Waals surface area contributed by atoms with Crippen molar-refractivity contribution in [3.8, 4) is 0 Å². The Bertz CT molecular complexity index is 477. The van der Waals surface area contributed by atoms with Gasteiger partial charge in [-0.25, -0.2) is 4.79 Å². The van der Waals surface area contributed by atoms with Gasteiger partial charge in [0.15, 0.2) is 0 Å². The van der Waals surface area contributed by atoms with Gasteiger partial charge < -0.3 is 4.74 Å². The Hall–Kier alpha value is -1.38. The summed E-state index contributed by atoms with van der Waals surface area (Å²) >= 11 is 0. The highest BCUT2D eigenvalue weighted by atomic mass is 16.5. The highest BCUT2D eigenvalue weighted by Gasteiger charge is 2.51. The fourth-order valence-electron chi connectivity index (χ4n) is 4.53. The summed E-state index contributed by atoms with van der Waals surface area (Å²) in [5.41, 5.74) is 0.171. The molecule has 0 aromatic carbocycles. The molecule has 0 aliphatic heterocycles. The van der Waals surface area contributed by atoms with Crippen LogP contribution in [0.2, 0.25) is 0 Å². The Balaban J connectivity index is 1.96. The Morgan fingerprint density at radius 3 is 2.91 bits per heavy atom. The standard InChI is InChI=1S/C19H28O3/c1-4-22-18(21)10-6-5-8-14(2)15-11-12-16-17(20)9-7-13-19(15,16)3/h5-6,8,10,14-16H,4,7,9,11-13H2,1-3H3/b8-5+,10-6+/t14-,15+,16+,19+/m0/s1. The number of fused-ring (bicyclic) bond motifs is 1. The molecule has 0 spiro atoms. The molecule has 0 radical (unpaired) electrons. The summed E-state index contributed by atoms with van der Waals surface area (Å²) in [5.74, 6) is 1.44. The maximum absolute atomic E-state index is 12.2. The fraction of sp³-hybridized carbons (Fsp3) is 0.684. The number of ether oxygens (including phenoxy) is 1. The molecule has 2 aliphatic rings. The van der Waals surface area contributed by atoms with E-state index in [1.165, 1.54) is 12.5 Å². The Morgan fingerprint density at radius 1 is 1.41 bits per heavy atom. The summed E-state index contributed by atoms with van der Waals surface area (Å²) in [4.78, 5) is 23.4. The Kier molecular flexibility index (Phi) is 5.60. The number of Topliss-reactive ketones (excluding diaryl/α,β-unsaturated/α-hetero) is 1. The molecule has 2 saturated carbocycles. The van der Waals surface area contributed by atoms with Gasteiger partial charge in [0.25, 0.3) is 0 Å². The van der Waals surface area contributed by atoms with E-state index >= 15 is 0 Å². The lowest BCUT2D eigenvalue weighted by molar-refractivity contribution is -0.137. The van der Waals surface area contributed by atoms with Crippen LogP contribution in [0.15, 0.2) is 24.3 Å². The summed E-state index contributed by atoms with van der Waals surface area (Å²) in [7, 11) is 0. The van der Waals surface area contributed by atoms with Gasteiger partial charge in [0.2, 0.25) is 0 Å². The highest BCUT2D eigenvalue weighted by molar-refractivity contribution is 5.83. The van der Waals surface area contributed by atoms with Crippen molar-refractivity contribution in [3.05, 3.63) is 24.3 Å². The first-order valence-corrected chi connectivity index (χ1v) is 8.53. The summed E-state index contributed by atoms with van der Waals surface area (Å²) in [6.07, 6.45) is 12.5. The second kappa shape index (κ2) is 7.26. The van der Waals surface area contributed by atoms with Gasteiger partial charge in [-0.2, -0.15) is 0 Å². The van der Waals surface area contributed by atoms with Crippen LogP contribution in [0.4, 0.5) is 0 Å². The molecule has 2 aliphatic carbocycles. The highest BCUT2D eigenvalue weighted by Crippen LogP contribution is 2.56. The predicted molar refractivity (Wildman–Crippen MR) is 87.3 cm³/mol. The molecular formula is C19H28O3. The van der Waals surface area contributed by atoms with E-state index in [9.17, 15) is 9.59 Å². The minimum atomic E-state index is -0.300. The van der Waals surface area contributed by atoms with Crippen LogP contribution in [0.3, 0.4) is 0 Å². The molecule has 0 N–H and O–H groups in total. The normalized spacial score (nSPS) is 33.3. The summed E-state index contributed by atoms with van der Waals surface area (Å²) in [6.45, 7) is 6.74. The number of carbonyl (C=O) groups excluding carboxylic acids is 2. The molecule has 3 heteroatoms. The van der Waals surface area contributed by atoms with Crippen LogP contribution in [-0.2, 0) is 14.3 Å². The van der Waals surface area contributed by atoms with Crippen molar-refractivity contribution in [2.24, 2.45) is 23.2 Å². The van der Waals surface area contributed by atoms with Gasteiger partial charge in [0.1, 0.15) is 5.78 Å². The zero-order valence-corrected chi connectivity index (χ0v) is 14.0. The number of hydrogen-bond acceptors (Lipinski definition) is 3. The number of allylic oxidation sites excluding steroid dienone is 3. The molecule has 0 saturated heterocycles. The molecule has 2 rings (SSSR count). The lowest BCUT2D eigenvalue weighted by atomic mass is 9.62. The van der Waals surface area contributed by atoms with E-state index in [-0.39, 0.29) is 17.3 Å². The molecular weight excluding hydrogens is 276 g/mol. The monoisotopic (exact) mass is 304 g/mol. The van der Waals surface area contributed by atoms with E-state index < -0.39 is 0 Å². The first-order chi connectivity index (χ1) is 10.5. The molecule has 0 aromatic heterocycles. The Labute approximate surface area is 133 Å². The van der Waals surface area contributed by atoms with Gasteiger partial charge in [-0.15, -0.1) is 0 Å². The average molecular weight is 304 g/mol. The Morgan fingerprint density at radius 2 is 2.18 bits per heavy atom. The molecule has 22 heavy (non-hydrogen) atoms. The van der Waals surface area contributed by atoms with Crippen LogP contribution in [0.1, 0.15) is 52.9 Å². The fourth-order valence-corrected chi connectivity index (χ4v) is 4.53. The van der Waals surface area contributed by atoms with Crippen molar-refractivity contribution >= 4 is 11.8 Å². The van der Waals surface area contributed by atoms with E-state index in [4.69, 9.17) is 4.74 Å². The van der Waals surface area contributed by atoms with Gasteiger partial charge in [-0.1, -0.05) is 32.1 Å². The number of hydrogen-bond donors (Lipinski definition) is 0. The minimum Gasteiger partial charge on any atom is -0.463 e. The molecule has 0 heterocycles. The molecule has 4 atom stereocenters. The van der Waals surface area contributed by atoms with E-state index in [0.29, 0.717) is 24.2 Å². The molecule has 0 bridgehead atoms. The second-order valence-electron chi connectivity index (χ2n) is 6.92. The maximum atomic E-state index is 12.2. The van der Waals surface area contributed by atoms with Crippen molar-refractivity contribution in [1.82, 2.24) is 0 Å². The van der Waals surface area contributed by atoms with Gasteiger partial charge in [0, 0.05) is 18.4 Å². The SMILES string of the molecule is CCOC(=O)/C=C/C=C/[C@H](C)[C@H]1CC[C@@H]2C(=O)CCC[C@@]21C. The van der Waals surface area contributed by atoms with Crippen LogP contribution >= 0.6 is 0 Å². The first-order valence-electron chi connectivity index (χ1n) is 8.53. The van der Waals surface area contributed by atoms with Crippen LogP contribution in [-0.4, -0.2) is 18.4 Å². The predicted octanol–water partition coefficient (Wildman–Crippen LogP) is 4.08. The molecule has 122 valence electrons. The number of carbonyl (C=O) groups is 2. The largest absolute Gasteiger partial charge is 0.463 e. The van der Waals surface area contributed by atoms with Gasteiger partial charge in [0.05, 0.1) is 6.61 Å².